The lowest BCUT2D eigenvalue weighted by Crippen LogP contribution is -2.32. The van der Waals surface area contributed by atoms with Crippen LogP contribution in [0.4, 0.5) is 5.69 Å². The zero-order valence-electron chi connectivity index (χ0n) is 9.95. The summed E-state index contributed by atoms with van der Waals surface area (Å²) in [6.07, 6.45) is 2.46. The maximum Gasteiger partial charge on any atom is 0.255 e. The molecule has 4 heteroatoms. The zero-order valence-corrected chi connectivity index (χ0v) is 10.7. The Morgan fingerprint density at radius 2 is 2.24 bits per heavy atom. The number of hydrogen-bond acceptors (Lipinski definition) is 2. The van der Waals surface area contributed by atoms with Gasteiger partial charge in [-0.25, -0.2) is 0 Å². The molecule has 1 amide bonds. The van der Waals surface area contributed by atoms with Gasteiger partial charge in [0.1, 0.15) is 0 Å². The van der Waals surface area contributed by atoms with E-state index in [1.807, 2.05) is 11.8 Å². The van der Waals surface area contributed by atoms with Crippen molar-refractivity contribution in [1.82, 2.24) is 4.90 Å². The molecular weight excluding hydrogens is 236 g/mol. The van der Waals surface area contributed by atoms with E-state index in [2.05, 4.69) is 0 Å². The van der Waals surface area contributed by atoms with E-state index in [9.17, 15) is 4.79 Å². The topological polar surface area (TPSA) is 46.3 Å². The van der Waals surface area contributed by atoms with Gasteiger partial charge in [-0.1, -0.05) is 11.6 Å². The number of carbonyl (C=O) groups is 1. The first-order valence-corrected chi connectivity index (χ1v) is 6.34. The van der Waals surface area contributed by atoms with Crippen LogP contribution >= 0.6 is 11.6 Å². The fraction of sp³-hybridized carbons (Fsp3) is 0.462. The summed E-state index contributed by atoms with van der Waals surface area (Å²) >= 11 is 6.04. The van der Waals surface area contributed by atoms with Crippen LogP contribution in [0.5, 0.6) is 0 Å². The molecule has 1 saturated carbocycles. The maximum atomic E-state index is 12.3. The third kappa shape index (κ3) is 2.91. The van der Waals surface area contributed by atoms with Gasteiger partial charge in [-0.3, -0.25) is 4.79 Å². The number of benzene rings is 1. The maximum absolute atomic E-state index is 12.3. The molecule has 0 spiro atoms. The van der Waals surface area contributed by atoms with E-state index in [1.165, 1.54) is 12.8 Å². The van der Waals surface area contributed by atoms with Crippen LogP contribution in [0.2, 0.25) is 5.02 Å². The summed E-state index contributed by atoms with van der Waals surface area (Å²) in [4.78, 5) is 14.1. The van der Waals surface area contributed by atoms with Gasteiger partial charge in [-0.2, -0.15) is 0 Å². The van der Waals surface area contributed by atoms with Gasteiger partial charge in [0.05, 0.1) is 10.6 Å². The van der Waals surface area contributed by atoms with Crippen molar-refractivity contribution in [3.63, 3.8) is 0 Å². The lowest BCUT2D eigenvalue weighted by Gasteiger charge is -2.21. The molecule has 1 aliphatic carbocycles. The van der Waals surface area contributed by atoms with E-state index in [-0.39, 0.29) is 5.91 Å². The number of carbonyl (C=O) groups excluding carboxylic acids is 1. The molecule has 1 aliphatic rings. The number of hydrogen-bond donors (Lipinski definition) is 1. The fourth-order valence-corrected chi connectivity index (χ4v) is 2.04. The van der Waals surface area contributed by atoms with Crippen molar-refractivity contribution in [2.24, 2.45) is 5.92 Å². The van der Waals surface area contributed by atoms with Crippen LogP contribution in [-0.2, 0) is 0 Å². The molecule has 92 valence electrons. The number of nitrogens with two attached hydrogens (primary N) is 1. The molecule has 0 saturated heterocycles. The molecule has 0 radical (unpaired) electrons. The van der Waals surface area contributed by atoms with Crippen LogP contribution in [-0.4, -0.2) is 23.9 Å². The van der Waals surface area contributed by atoms with Crippen LogP contribution in [0.15, 0.2) is 18.2 Å². The van der Waals surface area contributed by atoms with E-state index >= 15 is 0 Å². The third-order valence-corrected chi connectivity index (χ3v) is 3.39. The fourth-order valence-electron chi connectivity index (χ4n) is 1.84. The van der Waals surface area contributed by atoms with Crippen LogP contribution in [0.25, 0.3) is 0 Å². The molecule has 17 heavy (non-hydrogen) atoms. The number of rotatable bonds is 4. The van der Waals surface area contributed by atoms with Crippen molar-refractivity contribution >= 4 is 23.2 Å². The van der Waals surface area contributed by atoms with Gasteiger partial charge in [0.2, 0.25) is 0 Å². The standard InChI is InChI=1S/C13H17ClN2O/c1-2-16(8-9-3-4-9)13(17)11-7-10(15)5-6-12(11)14/h5-7,9H,2-4,8,15H2,1H3. The first-order chi connectivity index (χ1) is 8.11. The number of nitrogens with zero attached hydrogens (tertiary/aromatic N) is 1. The van der Waals surface area contributed by atoms with E-state index in [0.29, 0.717) is 28.7 Å². The first kappa shape index (κ1) is 12.2. The molecule has 0 heterocycles. The minimum Gasteiger partial charge on any atom is -0.399 e. The second-order valence-electron chi connectivity index (χ2n) is 4.53. The first-order valence-electron chi connectivity index (χ1n) is 5.96. The lowest BCUT2D eigenvalue weighted by atomic mass is 10.1. The summed E-state index contributed by atoms with van der Waals surface area (Å²) in [7, 11) is 0. The Balaban J connectivity index is 2.18. The van der Waals surface area contributed by atoms with Gasteiger partial charge in [0, 0.05) is 18.8 Å². The molecule has 1 fully saturated rings. The summed E-state index contributed by atoms with van der Waals surface area (Å²) in [6, 6.07) is 5.03. The molecule has 0 aliphatic heterocycles. The molecule has 0 unspecified atom stereocenters. The second-order valence-corrected chi connectivity index (χ2v) is 4.93. The Kier molecular flexibility index (Phi) is 3.57. The summed E-state index contributed by atoms with van der Waals surface area (Å²) in [5, 5.41) is 0.471. The smallest absolute Gasteiger partial charge is 0.255 e. The second kappa shape index (κ2) is 4.96. The normalized spacial score (nSPS) is 14.7. The minimum atomic E-state index is -0.0169. The van der Waals surface area contributed by atoms with Gasteiger partial charge in [0.15, 0.2) is 0 Å². The highest BCUT2D eigenvalue weighted by atomic mass is 35.5. The molecule has 1 aromatic carbocycles. The molecular formula is C13H17ClN2O. The Morgan fingerprint density at radius 1 is 1.53 bits per heavy atom. The highest BCUT2D eigenvalue weighted by molar-refractivity contribution is 6.34. The van der Waals surface area contributed by atoms with E-state index < -0.39 is 0 Å². The summed E-state index contributed by atoms with van der Waals surface area (Å²) in [5.41, 5.74) is 6.77. The van der Waals surface area contributed by atoms with Crippen molar-refractivity contribution in [2.45, 2.75) is 19.8 Å². The van der Waals surface area contributed by atoms with Crippen molar-refractivity contribution in [3.8, 4) is 0 Å². The lowest BCUT2D eigenvalue weighted by molar-refractivity contribution is 0.0757. The Bertz CT molecular complexity index is 429. The molecule has 3 nitrogen and oxygen atoms in total. The molecule has 1 aromatic rings. The van der Waals surface area contributed by atoms with Gasteiger partial charge in [-0.15, -0.1) is 0 Å². The summed E-state index contributed by atoms with van der Waals surface area (Å²) < 4.78 is 0. The third-order valence-electron chi connectivity index (χ3n) is 3.07. The number of amides is 1. The Labute approximate surface area is 107 Å². The average Bonchev–Trinajstić information content (AvgIpc) is 3.12. The highest BCUT2D eigenvalue weighted by Gasteiger charge is 2.27. The number of nitrogen functional groups attached to an aromatic ring is 1. The summed E-state index contributed by atoms with van der Waals surface area (Å²) in [6.45, 7) is 3.53. The summed E-state index contributed by atoms with van der Waals surface area (Å²) in [5.74, 6) is 0.662. The molecule has 0 bridgehead atoms. The molecule has 2 rings (SSSR count). The van der Waals surface area contributed by atoms with Gasteiger partial charge in [0.25, 0.3) is 5.91 Å². The monoisotopic (exact) mass is 252 g/mol. The SMILES string of the molecule is CCN(CC1CC1)C(=O)c1cc(N)ccc1Cl. The zero-order chi connectivity index (χ0) is 12.4. The van der Waals surface area contributed by atoms with Gasteiger partial charge < -0.3 is 10.6 Å². The minimum absolute atomic E-state index is 0.0169. The van der Waals surface area contributed by atoms with Crippen molar-refractivity contribution in [1.29, 1.82) is 0 Å². The predicted octanol–water partition coefficient (Wildman–Crippen LogP) is 2.79. The molecule has 0 aromatic heterocycles. The van der Waals surface area contributed by atoms with E-state index in [0.717, 1.165) is 6.54 Å². The van der Waals surface area contributed by atoms with Crippen LogP contribution in [0.3, 0.4) is 0 Å². The average molecular weight is 253 g/mol. The largest absolute Gasteiger partial charge is 0.399 e. The predicted molar refractivity (Wildman–Crippen MR) is 70.2 cm³/mol. The van der Waals surface area contributed by atoms with E-state index in [4.69, 9.17) is 17.3 Å². The van der Waals surface area contributed by atoms with Crippen LogP contribution in [0.1, 0.15) is 30.1 Å². The van der Waals surface area contributed by atoms with Crippen molar-refractivity contribution < 1.29 is 4.79 Å². The van der Waals surface area contributed by atoms with E-state index in [1.54, 1.807) is 18.2 Å². The molecule has 2 N–H and O–H groups in total. The van der Waals surface area contributed by atoms with Crippen molar-refractivity contribution in [2.75, 3.05) is 18.8 Å². The van der Waals surface area contributed by atoms with Crippen LogP contribution < -0.4 is 5.73 Å². The molecule has 0 atom stereocenters. The number of halogens is 1. The van der Waals surface area contributed by atoms with Crippen molar-refractivity contribution in [3.05, 3.63) is 28.8 Å². The quantitative estimate of drug-likeness (QED) is 0.838. The Hall–Kier alpha value is -1.22. The van der Waals surface area contributed by atoms with Crippen LogP contribution in [0, 0.1) is 5.92 Å². The Morgan fingerprint density at radius 3 is 2.82 bits per heavy atom. The highest BCUT2D eigenvalue weighted by Crippen LogP contribution is 2.30. The van der Waals surface area contributed by atoms with Gasteiger partial charge in [-0.05, 0) is 43.9 Å². The van der Waals surface area contributed by atoms with Gasteiger partial charge >= 0.3 is 0 Å². The number of anilines is 1.